The molecule has 1 spiro atoms. The van der Waals surface area contributed by atoms with Crippen LogP contribution in [0.15, 0.2) is 28.8 Å². The molecule has 2 aromatic rings. The molecule has 2 heterocycles. The van der Waals surface area contributed by atoms with E-state index < -0.39 is 10.0 Å². The number of aryl methyl sites for hydroxylation is 1. The van der Waals surface area contributed by atoms with Crippen LogP contribution in [0.1, 0.15) is 44.6 Å². The second-order valence-corrected chi connectivity index (χ2v) is 11.0. The van der Waals surface area contributed by atoms with Crippen molar-refractivity contribution < 1.29 is 12.9 Å². The van der Waals surface area contributed by atoms with Gasteiger partial charge in [0.25, 0.3) is 0 Å². The lowest BCUT2D eigenvalue weighted by Crippen LogP contribution is -2.41. The molecule has 1 unspecified atom stereocenters. The standard InChI is InChI=1S/C20H25N3O3S/c1-13-4-6-14(7-5-13)18-21-17(26-22-18)11-23-16-10-15-8-9-20(16,19(15,2)3)12-27(23,24)25/h4-7,15-16H,8-12H2,1-3H3/t15-,16+,20?/m1/s1. The predicted molar refractivity (Wildman–Crippen MR) is 101 cm³/mol. The first-order valence-electron chi connectivity index (χ1n) is 9.62. The molecule has 3 atom stereocenters. The molecule has 0 radical (unpaired) electrons. The fraction of sp³-hybridized carbons (Fsp3) is 0.600. The summed E-state index contributed by atoms with van der Waals surface area (Å²) in [5.41, 5.74) is 1.98. The smallest absolute Gasteiger partial charge is 0.242 e. The van der Waals surface area contributed by atoms with Crippen LogP contribution < -0.4 is 0 Å². The molecule has 2 bridgehead atoms. The van der Waals surface area contributed by atoms with E-state index in [1.165, 1.54) is 0 Å². The summed E-state index contributed by atoms with van der Waals surface area (Å²) >= 11 is 0. The lowest BCUT2D eigenvalue weighted by molar-refractivity contribution is 0.108. The van der Waals surface area contributed by atoms with E-state index in [9.17, 15) is 8.42 Å². The van der Waals surface area contributed by atoms with Crippen LogP contribution in [-0.4, -0.2) is 34.7 Å². The number of fused-ring (bicyclic) bond motifs is 1. The Morgan fingerprint density at radius 1 is 1.26 bits per heavy atom. The second-order valence-electron chi connectivity index (χ2n) is 9.04. The molecule has 2 aliphatic carbocycles. The first kappa shape index (κ1) is 17.4. The number of sulfonamides is 1. The fourth-order valence-corrected chi connectivity index (χ4v) is 8.36. The number of hydrogen-bond donors (Lipinski definition) is 0. The Morgan fingerprint density at radius 3 is 2.70 bits per heavy atom. The summed E-state index contributed by atoms with van der Waals surface area (Å²) in [6.07, 6.45) is 3.10. The van der Waals surface area contributed by atoms with Gasteiger partial charge >= 0.3 is 0 Å². The normalized spacial score (nSPS) is 33.4. The lowest BCUT2D eigenvalue weighted by Gasteiger charge is -2.37. The van der Waals surface area contributed by atoms with Gasteiger partial charge in [0.05, 0.1) is 12.3 Å². The largest absolute Gasteiger partial charge is 0.338 e. The van der Waals surface area contributed by atoms with E-state index in [0.717, 1.165) is 30.4 Å². The highest BCUT2D eigenvalue weighted by Crippen LogP contribution is 2.70. The minimum atomic E-state index is -3.31. The average molecular weight is 388 g/mol. The van der Waals surface area contributed by atoms with Gasteiger partial charge in [-0.15, -0.1) is 0 Å². The van der Waals surface area contributed by atoms with E-state index in [4.69, 9.17) is 4.52 Å². The van der Waals surface area contributed by atoms with E-state index in [1.54, 1.807) is 4.31 Å². The minimum Gasteiger partial charge on any atom is -0.338 e. The van der Waals surface area contributed by atoms with Crippen LogP contribution in [0.3, 0.4) is 0 Å². The van der Waals surface area contributed by atoms with Crippen LogP contribution in [-0.2, 0) is 16.6 Å². The summed E-state index contributed by atoms with van der Waals surface area (Å²) < 4.78 is 33.1. The molecule has 27 heavy (non-hydrogen) atoms. The molecular formula is C20H25N3O3S. The zero-order chi connectivity index (χ0) is 19.0. The van der Waals surface area contributed by atoms with Crippen molar-refractivity contribution in [3.8, 4) is 11.4 Å². The van der Waals surface area contributed by atoms with Crippen molar-refractivity contribution in [2.75, 3.05) is 5.75 Å². The van der Waals surface area contributed by atoms with Crippen molar-refractivity contribution in [1.29, 1.82) is 0 Å². The quantitative estimate of drug-likeness (QED) is 0.807. The summed E-state index contributed by atoms with van der Waals surface area (Å²) in [5, 5.41) is 4.06. The highest BCUT2D eigenvalue weighted by Gasteiger charge is 2.71. The van der Waals surface area contributed by atoms with Gasteiger partial charge in [0.1, 0.15) is 0 Å². The van der Waals surface area contributed by atoms with Gasteiger partial charge < -0.3 is 4.52 Å². The molecule has 0 amide bonds. The number of hydrogen-bond acceptors (Lipinski definition) is 5. The SMILES string of the molecule is Cc1ccc(-c2noc(CN3[C@H]4C[C@H]5CCC4(CS3(=O)=O)C5(C)C)n2)cc1. The summed E-state index contributed by atoms with van der Waals surface area (Å²) in [6.45, 7) is 6.71. The summed E-state index contributed by atoms with van der Waals surface area (Å²) in [5.74, 6) is 1.73. The van der Waals surface area contributed by atoms with Crippen molar-refractivity contribution in [3.05, 3.63) is 35.7 Å². The monoisotopic (exact) mass is 387 g/mol. The number of nitrogens with zero attached hydrogens (tertiary/aromatic N) is 3. The molecular weight excluding hydrogens is 362 g/mol. The average Bonchev–Trinajstić information content (AvgIpc) is 3.28. The Balaban J connectivity index is 1.44. The van der Waals surface area contributed by atoms with Crippen molar-refractivity contribution in [1.82, 2.24) is 14.4 Å². The molecule has 5 rings (SSSR count). The third-order valence-electron chi connectivity index (χ3n) is 7.60. The molecule has 7 heteroatoms. The molecule has 1 aromatic heterocycles. The zero-order valence-electron chi connectivity index (χ0n) is 16.0. The molecule has 3 aliphatic rings. The first-order chi connectivity index (χ1) is 12.7. The van der Waals surface area contributed by atoms with Gasteiger partial charge in [-0.05, 0) is 37.5 Å². The van der Waals surface area contributed by atoms with Gasteiger partial charge in [-0.3, -0.25) is 0 Å². The van der Waals surface area contributed by atoms with Crippen molar-refractivity contribution in [3.63, 3.8) is 0 Å². The van der Waals surface area contributed by atoms with Crippen LogP contribution in [0.5, 0.6) is 0 Å². The van der Waals surface area contributed by atoms with Gasteiger partial charge in [0.15, 0.2) is 0 Å². The van der Waals surface area contributed by atoms with Gasteiger partial charge in [0.2, 0.25) is 21.7 Å². The minimum absolute atomic E-state index is 0.0611. The summed E-state index contributed by atoms with van der Waals surface area (Å²) in [7, 11) is -3.31. The van der Waals surface area contributed by atoms with Crippen molar-refractivity contribution >= 4 is 10.0 Å². The van der Waals surface area contributed by atoms with E-state index >= 15 is 0 Å². The van der Waals surface area contributed by atoms with Crippen LogP contribution >= 0.6 is 0 Å². The van der Waals surface area contributed by atoms with Crippen molar-refractivity contribution in [2.24, 2.45) is 16.7 Å². The van der Waals surface area contributed by atoms with Gasteiger partial charge in [-0.1, -0.05) is 48.8 Å². The Labute approximate surface area is 160 Å². The summed E-state index contributed by atoms with van der Waals surface area (Å²) in [4.78, 5) is 4.47. The Kier molecular flexibility index (Phi) is 3.48. The maximum absolute atomic E-state index is 13.0. The molecule has 0 N–H and O–H groups in total. The lowest BCUT2D eigenvalue weighted by atomic mass is 9.69. The first-order valence-corrected chi connectivity index (χ1v) is 11.2. The van der Waals surface area contributed by atoms with Gasteiger partial charge in [0, 0.05) is 17.0 Å². The van der Waals surface area contributed by atoms with E-state index in [1.807, 2.05) is 31.2 Å². The molecule has 144 valence electrons. The molecule has 1 saturated heterocycles. The van der Waals surface area contributed by atoms with Gasteiger partial charge in [-0.25, -0.2) is 8.42 Å². The van der Waals surface area contributed by atoms with Crippen LogP contribution in [0.4, 0.5) is 0 Å². The second kappa shape index (κ2) is 5.41. The fourth-order valence-electron chi connectivity index (χ4n) is 5.86. The topological polar surface area (TPSA) is 76.3 Å². The van der Waals surface area contributed by atoms with Crippen molar-refractivity contribution in [2.45, 2.75) is 52.6 Å². The zero-order valence-corrected chi connectivity index (χ0v) is 16.8. The number of aromatic nitrogens is 2. The Morgan fingerprint density at radius 2 is 2.00 bits per heavy atom. The third kappa shape index (κ3) is 2.30. The molecule has 1 aromatic carbocycles. The molecule has 3 fully saturated rings. The highest BCUT2D eigenvalue weighted by molar-refractivity contribution is 7.89. The van der Waals surface area contributed by atoms with Crippen LogP contribution in [0.25, 0.3) is 11.4 Å². The molecule has 1 aliphatic heterocycles. The third-order valence-corrected chi connectivity index (χ3v) is 9.58. The molecule has 2 saturated carbocycles. The maximum atomic E-state index is 13.0. The van der Waals surface area contributed by atoms with Gasteiger partial charge in [-0.2, -0.15) is 9.29 Å². The van der Waals surface area contributed by atoms with E-state index in [2.05, 4.69) is 24.0 Å². The Bertz CT molecular complexity index is 996. The summed E-state index contributed by atoms with van der Waals surface area (Å²) in [6, 6.07) is 7.95. The van der Waals surface area contributed by atoms with Crippen LogP contribution in [0, 0.1) is 23.7 Å². The van der Waals surface area contributed by atoms with E-state index in [-0.39, 0.29) is 29.2 Å². The van der Waals surface area contributed by atoms with Crippen LogP contribution in [0.2, 0.25) is 0 Å². The number of benzene rings is 1. The number of rotatable bonds is 3. The Hall–Kier alpha value is -1.73. The maximum Gasteiger partial charge on any atom is 0.242 e. The highest BCUT2D eigenvalue weighted by atomic mass is 32.2. The molecule has 6 nitrogen and oxygen atoms in total. The van der Waals surface area contributed by atoms with E-state index in [0.29, 0.717) is 17.6 Å². The predicted octanol–water partition coefficient (Wildman–Crippen LogP) is 3.39.